The first-order valence-electron chi connectivity index (χ1n) is 8.19. The van der Waals surface area contributed by atoms with E-state index in [0.717, 1.165) is 30.8 Å². The van der Waals surface area contributed by atoms with Gasteiger partial charge in [-0.15, -0.1) is 0 Å². The van der Waals surface area contributed by atoms with Crippen LogP contribution in [0, 0.1) is 0 Å². The Morgan fingerprint density at radius 1 is 1.30 bits per heavy atom. The molecule has 0 amide bonds. The van der Waals surface area contributed by atoms with Crippen LogP contribution >= 0.6 is 0 Å². The van der Waals surface area contributed by atoms with E-state index in [1.807, 2.05) is 25.1 Å². The first-order chi connectivity index (χ1) is 11.2. The van der Waals surface area contributed by atoms with Gasteiger partial charge in [-0.25, -0.2) is 4.98 Å². The summed E-state index contributed by atoms with van der Waals surface area (Å²) in [7, 11) is 0. The standard InChI is InChI=1S/C18H23N3O2/c1-2-15(22)11-21-13-19-17-12-20(9-8-16(17)18(21)23)10-14-6-4-3-5-7-14/h3-7,13,15,22H,2,8-12H2,1H3/t15-/m0/s1. The molecule has 0 aliphatic carbocycles. The molecule has 23 heavy (non-hydrogen) atoms. The normalized spacial score (nSPS) is 16.1. The summed E-state index contributed by atoms with van der Waals surface area (Å²) < 4.78 is 1.54. The molecular formula is C18H23N3O2. The molecule has 2 aromatic rings. The van der Waals surface area contributed by atoms with Gasteiger partial charge in [0.15, 0.2) is 0 Å². The lowest BCUT2D eigenvalue weighted by Gasteiger charge is -2.28. The summed E-state index contributed by atoms with van der Waals surface area (Å²) in [6.07, 6.45) is 2.43. The number of aliphatic hydroxyl groups is 1. The van der Waals surface area contributed by atoms with Crippen LogP contribution in [0.4, 0.5) is 0 Å². The van der Waals surface area contributed by atoms with E-state index in [4.69, 9.17) is 0 Å². The summed E-state index contributed by atoms with van der Waals surface area (Å²) >= 11 is 0. The fraction of sp³-hybridized carbons (Fsp3) is 0.444. The summed E-state index contributed by atoms with van der Waals surface area (Å²) in [5.74, 6) is 0. The Balaban J connectivity index is 1.74. The highest BCUT2D eigenvalue weighted by molar-refractivity contribution is 5.21. The van der Waals surface area contributed by atoms with Gasteiger partial charge in [0.05, 0.1) is 24.7 Å². The largest absolute Gasteiger partial charge is 0.391 e. The predicted molar refractivity (Wildman–Crippen MR) is 89.1 cm³/mol. The van der Waals surface area contributed by atoms with Crippen LogP contribution in [0.1, 0.15) is 30.2 Å². The summed E-state index contributed by atoms with van der Waals surface area (Å²) in [6.45, 7) is 4.67. The molecule has 0 saturated heterocycles. The molecule has 1 aliphatic heterocycles. The van der Waals surface area contributed by atoms with Crippen molar-refractivity contribution in [3.05, 3.63) is 63.8 Å². The molecule has 5 nitrogen and oxygen atoms in total. The lowest BCUT2D eigenvalue weighted by molar-refractivity contribution is 0.147. The van der Waals surface area contributed by atoms with Gasteiger partial charge in [-0.1, -0.05) is 37.3 Å². The van der Waals surface area contributed by atoms with Crippen LogP contribution in [0.3, 0.4) is 0 Å². The molecule has 0 spiro atoms. The number of aliphatic hydroxyl groups excluding tert-OH is 1. The third kappa shape index (κ3) is 3.68. The van der Waals surface area contributed by atoms with Crippen LogP contribution in [0.5, 0.6) is 0 Å². The van der Waals surface area contributed by atoms with Gasteiger partial charge in [-0.05, 0) is 18.4 Å². The van der Waals surface area contributed by atoms with Gasteiger partial charge in [0.1, 0.15) is 0 Å². The zero-order valence-electron chi connectivity index (χ0n) is 13.5. The summed E-state index contributed by atoms with van der Waals surface area (Å²) in [6, 6.07) is 10.3. The Labute approximate surface area is 136 Å². The topological polar surface area (TPSA) is 58.4 Å². The molecule has 3 rings (SSSR count). The van der Waals surface area contributed by atoms with Crippen molar-refractivity contribution in [1.29, 1.82) is 0 Å². The minimum absolute atomic E-state index is 0.00172. The molecule has 0 unspecified atom stereocenters. The maximum atomic E-state index is 12.5. The van der Waals surface area contributed by atoms with Gasteiger partial charge in [-0.2, -0.15) is 0 Å². The van der Waals surface area contributed by atoms with Crippen LogP contribution in [-0.2, 0) is 26.1 Å². The molecule has 0 radical (unpaired) electrons. The van der Waals surface area contributed by atoms with Crippen molar-refractivity contribution >= 4 is 0 Å². The second kappa shape index (κ2) is 7.06. The maximum absolute atomic E-state index is 12.5. The highest BCUT2D eigenvalue weighted by Gasteiger charge is 2.21. The third-order valence-electron chi connectivity index (χ3n) is 4.40. The average Bonchev–Trinajstić information content (AvgIpc) is 2.58. The molecule has 1 N–H and O–H groups in total. The van der Waals surface area contributed by atoms with E-state index in [9.17, 15) is 9.90 Å². The van der Waals surface area contributed by atoms with E-state index < -0.39 is 6.10 Å². The molecule has 5 heteroatoms. The number of hydrogen-bond donors (Lipinski definition) is 1. The summed E-state index contributed by atoms with van der Waals surface area (Å²) in [5, 5.41) is 9.75. The Kier molecular flexibility index (Phi) is 4.88. The highest BCUT2D eigenvalue weighted by Crippen LogP contribution is 2.16. The Morgan fingerprint density at radius 2 is 2.09 bits per heavy atom. The SMILES string of the molecule is CC[C@H](O)Cn1cnc2c(c1=O)CCN(Cc1ccccc1)C2. The molecule has 1 aromatic heterocycles. The van der Waals surface area contributed by atoms with Gasteiger partial charge in [0.2, 0.25) is 0 Å². The zero-order chi connectivity index (χ0) is 16.2. The van der Waals surface area contributed by atoms with E-state index in [0.29, 0.717) is 19.5 Å². The van der Waals surface area contributed by atoms with Crippen molar-refractivity contribution in [2.45, 2.75) is 45.5 Å². The molecular weight excluding hydrogens is 290 g/mol. The monoisotopic (exact) mass is 313 g/mol. The number of hydrogen-bond acceptors (Lipinski definition) is 4. The van der Waals surface area contributed by atoms with Crippen molar-refractivity contribution in [3.63, 3.8) is 0 Å². The van der Waals surface area contributed by atoms with Crippen LogP contribution in [-0.4, -0.2) is 32.2 Å². The molecule has 1 aromatic carbocycles. The number of rotatable bonds is 5. The lowest BCUT2D eigenvalue weighted by atomic mass is 10.1. The second-order valence-corrected chi connectivity index (χ2v) is 6.14. The van der Waals surface area contributed by atoms with Gasteiger partial charge in [0.25, 0.3) is 5.56 Å². The number of aromatic nitrogens is 2. The molecule has 0 saturated carbocycles. The highest BCUT2D eigenvalue weighted by atomic mass is 16.3. The average molecular weight is 313 g/mol. The van der Waals surface area contributed by atoms with Gasteiger partial charge >= 0.3 is 0 Å². The van der Waals surface area contributed by atoms with Crippen molar-refractivity contribution in [1.82, 2.24) is 14.5 Å². The Hall–Kier alpha value is -1.98. The molecule has 1 atom stereocenters. The summed E-state index contributed by atoms with van der Waals surface area (Å²) in [4.78, 5) is 19.3. The minimum atomic E-state index is -0.495. The van der Waals surface area contributed by atoms with Crippen LogP contribution in [0.25, 0.3) is 0 Å². The van der Waals surface area contributed by atoms with Crippen molar-refractivity contribution in [2.24, 2.45) is 0 Å². The van der Waals surface area contributed by atoms with Gasteiger partial charge in [-0.3, -0.25) is 14.3 Å². The fourth-order valence-corrected chi connectivity index (χ4v) is 2.98. The predicted octanol–water partition coefficient (Wildman–Crippen LogP) is 1.57. The van der Waals surface area contributed by atoms with E-state index in [-0.39, 0.29) is 5.56 Å². The molecule has 122 valence electrons. The van der Waals surface area contributed by atoms with E-state index in [1.165, 1.54) is 5.56 Å². The Bertz CT molecular complexity index is 712. The second-order valence-electron chi connectivity index (χ2n) is 6.14. The van der Waals surface area contributed by atoms with E-state index >= 15 is 0 Å². The van der Waals surface area contributed by atoms with Gasteiger partial charge < -0.3 is 5.11 Å². The van der Waals surface area contributed by atoms with Crippen LogP contribution in [0.15, 0.2) is 41.5 Å². The third-order valence-corrected chi connectivity index (χ3v) is 4.40. The van der Waals surface area contributed by atoms with E-state index in [1.54, 1.807) is 10.9 Å². The van der Waals surface area contributed by atoms with E-state index in [2.05, 4.69) is 22.0 Å². The summed E-state index contributed by atoms with van der Waals surface area (Å²) in [5.41, 5.74) is 2.96. The number of benzene rings is 1. The van der Waals surface area contributed by atoms with Crippen LogP contribution < -0.4 is 5.56 Å². The lowest BCUT2D eigenvalue weighted by Crippen LogP contribution is -2.38. The molecule has 0 fully saturated rings. The van der Waals surface area contributed by atoms with Crippen molar-refractivity contribution < 1.29 is 5.11 Å². The van der Waals surface area contributed by atoms with Crippen molar-refractivity contribution in [3.8, 4) is 0 Å². The number of fused-ring (bicyclic) bond motifs is 1. The fourth-order valence-electron chi connectivity index (χ4n) is 2.98. The van der Waals surface area contributed by atoms with Crippen LogP contribution in [0.2, 0.25) is 0 Å². The van der Waals surface area contributed by atoms with Crippen molar-refractivity contribution in [2.75, 3.05) is 6.54 Å². The maximum Gasteiger partial charge on any atom is 0.256 e. The first-order valence-corrected chi connectivity index (χ1v) is 8.19. The number of nitrogens with zero attached hydrogens (tertiary/aromatic N) is 3. The smallest absolute Gasteiger partial charge is 0.256 e. The van der Waals surface area contributed by atoms with Gasteiger partial charge in [0, 0.05) is 25.2 Å². The molecule has 0 bridgehead atoms. The Morgan fingerprint density at radius 3 is 2.83 bits per heavy atom. The molecule has 2 heterocycles. The zero-order valence-corrected chi connectivity index (χ0v) is 13.5. The first kappa shape index (κ1) is 15.9. The quantitative estimate of drug-likeness (QED) is 0.910. The minimum Gasteiger partial charge on any atom is -0.391 e. The molecule has 1 aliphatic rings.